The van der Waals surface area contributed by atoms with Gasteiger partial charge in [-0.3, -0.25) is 9.69 Å². The molecule has 0 radical (unpaired) electrons. The van der Waals surface area contributed by atoms with Gasteiger partial charge in [0, 0.05) is 31.0 Å². The first-order valence-electron chi connectivity index (χ1n) is 9.63. The molecule has 4 rings (SSSR count). The fraction of sp³-hybridized carbons (Fsp3) is 0.650. The highest BCUT2D eigenvalue weighted by molar-refractivity contribution is 5.94. The third-order valence-corrected chi connectivity index (χ3v) is 5.64. The maximum Gasteiger partial charge on any atom is 0.251 e. The molecular formula is C20H28N2O3. The topological polar surface area (TPSA) is 50.8 Å². The van der Waals surface area contributed by atoms with Crippen LogP contribution in [0.25, 0.3) is 0 Å². The van der Waals surface area contributed by atoms with E-state index in [4.69, 9.17) is 9.47 Å². The fourth-order valence-electron chi connectivity index (χ4n) is 4.31. The average molecular weight is 344 g/mol. The Morgan fingerprint density at radius 1 is 1.12 bits per heavy atom. The van der Waals surface area contributed by atoms with Gasteiger partial charge in [-0.15, -0.1) is 0 Å². The molecule has 2 aliphatic heterocycles. The van der Waals surface area contributed by atoms with E-state index in [9.17, 15) is 4.79 Å². The second-order valence-electron chi connectivity index (χ2n) is 7.55. The monoisotopic (exact) mass is 344 g/mol. The Hall–Kier alpha value is -1.43. The van der Waals surface area contributed by atoms with Crippen molar-refractivity contribution in [3.05, 3.63) is 35.4 Å². The Bertz CT molecular complexity index is 589. The van der Waals surface area contributed by atoms with Gasteiger partial charge in [0.1, 0.15) is 0 Å². The maximum absolute atomic E-state index is 12.6. The maximum atomic E-state index is 12.6. The van der Waals surface area contributed by atoms with Crippen molar-refractivity contribution in [2.24, 2.45) is 0 Å². The number of hydrogen-bond donors (Lipinski definition) is 1. The van der Waals surface area contributed by atoms with Crippen LogP contribution in [0.15, 0.2) is 24.3 Å². The van der Waals surface area contributed by atoms with Gasteiger partial charge in [0.15, 0.2) is 5.79 Å². The molecule has 1 atom stereocenters. The van der Waals surface area contributed by atoms with Gasteiger partial charge in [0.05, 0.1) is 13.2 Å². The summed E-state index contributed by atoms with van der Waals surface area (Å²) < 4.78 is 11.6. The molecule has 1 aliphatic carbocycles. The van der Waals surface area contributed by atoms with E-state index >= 15 is 0 Å². The van der Waals surface area contributed by atoms with E-state index in [1.807, 2.05) is 12.1 Å². The first-order chi connectivity index (χ1) is 12.2. The van der Waals surface area contributed by atoms with E-state index in [-0.39, 0.29) is 11.9 Å². The standard InChI is InChI=1S/C20H28N2O3/c23-19(21-18-4-3-9-20(14-18)24-12-13-25-20)17-7-5-16(6-8-17)15-22-10-1-2-11-22/h5-8,18H,1-4,9-15H2,(H,21,23)/t18-/m0/s1. The van der Waals surface area contributed by atoms with Crippen LogP contribution in [0.2, 0.25) is 0 Å². The zero-order valence-corrected chi connectivity index (χ0v) is 14.8. The van der Waals surface area contributed by atoms with Crippen molar-refractivity contribution in [2.75, 3.05) is 26.3 Å². The SMILES string of the molecule is O=C(N[C@H]1CCCC2(C1)OCCO2)c1ccc(CN2CCCC2)cc1. The molecule has 3 aliphatic rings. The molecule has 1 N–H and O–H groups in total. The minimum absolute atomic E-state index is 0.00719. The van der Waals surface area contributed by atoms with Gasteiger partial charge in [-0.1, -0.05) is 12.1 Å². The van der Waals surface area contributed by atoms with E-state index in [0.717, 1.165) is 37.8 Å². The summed E-state index contributed by atoms with van der Waals surface area (Å²) in [7, 11) is 0. The second-order valence-corrected chi connectivity index (χ2v) is 7.55. The number of benzene rings is 1. The van der Waals surface area contributed by atoms with E-state index in [2.05, 4.69) is 22.3 Å². The van der Waals surface area contributed by atoms with E-state index in [1.54, 1.807) is 0 Å². The highest BCUT2D eigenvalue weighted by Gasteiger charge is 2.41. The van der Waals surface area contributed by atoms with Crippen LogP contribution in [0.4, 0.5) is 0 Å². The number of carbonyl (C=O) groups excluding carboxylic acids is 1. The Balaban J connectivity index is 1.32. The minimum Gasteiger partial charge on any atom is -0.349 e. The summed E-state index contributed by atoms with van der Waals surface area (Å²) in [6, 6.07) is 8.19. The molecule has 0 unspecified atom stereocenters. The molecule has 25 heavy (non-hydrogen) atoms. The van der Waals surface area contributed by atoms with Crippen LogP contribution < -0.4 is 5.32 Å². The van der Waals surface area contributed by atoms with Gasteiger partial charge >= 0.3 is 0 Å². The number of ether oxygens (including phenoxy) is 2. The number of likely N-dealkylation sites (tertiary alicyclic amines) is 1. The van der Waals surface area contributed by atoms with E-state index in [0.29, 0.717) is 13.2 Å². The number of nitrogens with zero attached hydrogens (tertiary/aromatic N) is 1. The Morgan fingerprint density at radius 3 is 2.56 bits per heavy atom. The van der Waals surface area contributed by atoms with Gasteiger partial charge in [-0.2, -0.15) is 0 Å². The third-order valence-electron chi connectivity index (χ3n) is 5.64. The predicted molar refractivity (Wildman–Crippen MR) is 95.3 cm³/mol. The van der Waals surface area contributed by atoms with Crippen molar-refractivity contribution < 1.29 is 14.3 Å². The lowest BCUT2D eigenvalue weighted by Crippen LogP contribution is -2.46. The van der Waals surface area contributed by atoms with Crippen LogP contribution in [0.3, 0.4) is 0 Å². The molecule has 3 fully saturated rings. The molecule has 1 aromatic carbocycles. The zero-order valence-electron chi connectivity index (χ0n) is 14.8. The van der Waals surface area contributed by atoms with Gasteiger partial charge < -0.3 is 14.8 Å². The van der Waals surface area contributed by atoms with Gasteiger partial charge in [-0.25, -0.2) is 0 Å². The molecule has 1 spiro atoms. The van der Waals surface area contributed by atoms with Crippen LogP contribution in [-0.4, -0.2) is 48.9 Å². The van der Waals surface area contributed by atoms with Crippen molar-refractivity contribution in [3.63, 3.8) is 0 Å². The molecule has 0 bridgehead atoms. The van der Waals surface area contributed by atoms with Crippen molar-refractivity contribution >= 4 is 5.91 Å². The first kappa shape index (κ1) is 17.0. The number of rotatable bonds is 4. The molecule has 5 nitrogen and oxygen atoms in total. The molecule has 1 saturated carbocycles. The van der Waals surface area contributed by atoms with Crippen LogP contribution >= 0.6 is 0 Å². The predicted octanol–water partition coefficient (Wildman–Crippen LogP) is 2.70. The van der Waals surface area contributed by atoms with Crippen LogP contribution in [0.1, 0.15) is 54.4 Å². The molecule has 1 aromatic rings. The quantitative estimate of drug-likeness (QED) is 0.912. The zero-order chi connectivity index (χ0) is 17.1. The van der Waals surface area contributed by atoms with Crippen molar-refractivity contribution in [3.8, 4) is 0 Å². The molecule has 2 heterocycles. The molecule has 2 saturated heterocycles. The number of amides is 1. The van der Waals surface area contributed by atoms with Crippen molar-refractivity contribution in [2.45, 2.75) is 56.9 Å². The highest BCUT2D eigenvalue weighted by Crippen LogP contribution is 2.35. The fourth-order valence-corrected chi connectivity index (χ4v) is 4.31. The summed E-state index contributed by atoms with van der Waals surface area (Å²) in [5, 5.41) is 3.17. The Kier molecular flexibility index (Phi) is 5.06. The molecule has 0 aromatic heterocycles. The lowest BCUT2D eigenvalue weighted by atomic mass is 9.89. The average Bonchev–Trinajstić information content (AvgIpc) is 3.28. The van der Waals surface area contributed by atoms with Crippen molar-refractivity contribution in [1.82, 2.24) is 10.2 Å². The lowest BCUT2D eigenvalue weighted by molar-refractivity contribution is -0.181. The summed E-state index contributed by atoms with van der Waals surface area (Å²) in [5.74, 6) is -0.441. The van der Waals surface area contributed by atoms with E-state index < -0.39 is 5.79 Å². The normalized spacial score (nSPS) is 26.2. The molecule has 1 amide bonds. The smallest absolute Gasteiger partial charge is 0.251 e. The highest BCUT2D eigenvalue weighted by atomic mass is 16.7. The first-order valence-corrected chi connectivity index (χ1v) is 9.63. The number of nitrogens with one attached hydrogen (secondary N) is 1. The minimum atomic E-state index is -0.449. The van der Waals surface area contributed by atoms with Crippen LogP contribution in [0.5, 0.6) is 0 Å². The third kappa shape index (κ3) is 4.05. The van der Waals surface area contributed by atoms with Crippen LogP contribution in [-0.2, 0) is 16.0 Å². The van der Waals surface area contributed by atoms with Gasteiger partial charge in [0.25, 0.3) is 5.91 Å². The molecular weight excluding hydrogens is 316 g/mol. The lowest BCUT2D eigenvalue weighted by Gasteiger charge is -2.36. The Morgan fingerprint density at radius 2 is 1.84 bits per heavy atom. The largest absolute Gasteiger partial charge is 0.349 e. The van der Waals surface area contributed by atoms with E-state index in [1.165, 1.54) is 31.5 Å². The Labute approximate surface area is 149 Å². The molecule has 5 heteroatoms. The summed E-state index contributed by atoms with van der Waals surface area (Å²) >= 11 is 0. The summed E-state index contributed by atoms with van der Waals surface area (Å²) in [6.45, 7) is 4.70. The van der Waals surface area contributed by atoms with Crippen LogP contribution in [0, 0.1) is 0 Å². The second kappa shape index (κ2) is 7.44. The summed E-state index contributed by atoms with van der Waals surface area (Å²) in [4.78, 5) is 15.0. The van der Waals surface area contributed by atoms with Gasteiger partial charge in [0.2, 0.25) is 0 Å². The number of hydrogen-bond acceptors (Lipinski definition) is 4. The molecule has 136 valence electrons. The summed E-state index contributed by atoms with van der Waals surface area (Å²) in [5.41, 5.74) is 2.01. The number of carbonyl (C=O) groups is 1. The summed E-state index contributed by atoms with van der Waals surface area (Å²) in [6.07, 6.45) is 6.32. The van der Waals surface area contributed by atoms with Crippen molar-refractivity contribution in [1.29, 1.82) is 0 Å². The van der Waals surface area contributed by atoms with Gasteiger partial charge in [-0.05, 0) is 56.5 Å².